The number of nitrogens with zero attached hydrogens (tertiary/aromatic N) is 5. The quantitative estimate of drug-likeness (QED) is 0.0459. The Morgan fingerprint density at radius 3 is 1.29 bits per heavy atom. The maximum atomic E-state index is 10.0. The summed E-state index contributed by atoms with van der Waals surface area (Å²) in [6.45, 7) is 22.6. The second-order valence-electron chi connectivity index (χ2n) is 29.0. The largest absolute Gasteiger partial charge is 0.512 e. The molecule has 129 heavy (non-hydrogen) atoms. The minimum absolute atomic E-state index is 0. The minimum Gasteiger partial charge on any atom is -0.512 e. The fourth-order valence-corrected chi connectivity index (χ4v) is 12.5. The van der Waals surface area contributed by atoms with Crippen LogP contribution >= 0.6 is 0 Å². The molecule has 0 saturated heterocycles. The Morgan fingerprint density at radius 2 is 0.814 bits per heavy atom. The summed E-state index contributed by atoms with van der Waals surface area (Å²) in [6.07, 6.45) is 16.3. The number of carbonyl (C=O) groups excluding carboxylic acids is 5. The molecule has 20 heteroatoms. The van der Waals surface area contributed by atoms with Crippen molar-refractivity contribution in [2.45, 2.75) is 116 Å². The number of carbonyl (C=O) groups is 5. The van der Waals surface area contributed by atoms with Crippen LogP contribution in [-0.4, -0.2) is 79.4 Å². The smallest absolute Gasteiger partial charge is 0.155 e. The normalized spacial score (nSPS) is 11.1. The number of allylic oxidation sites excluding steroid dienone is 12. The van der Waals surface area contributed by atoms with Crippen molar-refractivity contribution < 1.29 is 150 Å². The summed E-state index contributed by atoms with van der Waals surface area (Å²) in [5, 5.41) is 50.2. The SMILES string of the molecule is CC(=O)C=C(C)O.CC(=O)C=C(C)O.CC(=O)C=C(C)O.CC(=O)C=C(C)O.CC(=O)C=C(C)O.Cc1[c-]c(-c2cc(-c3ccccc3)c3ccccc3n2)ccc1C.Cc1[c-]c(-c2ccc3ccccc3n2)cc(C)c1.[C-]1=C(c2ccc3ccccc3n2)CCC1.[Ir].[Ir].[Ir].[Ir].[Ir].[c-]1ccc2ccccc2c1-c1ccccn1.[c-]1ccccc1-c1nccc2ccccc12. The summed E-state index contributed by atoms with van der Waals surface area (Å²) < 4.78 is 0. The summed E-state index contributed by atoms with van der Waals surface area (Å²) in [6, 6.07) is 104. The van der Waals surface area contributed by atoms with Crippen LogP contribution in [0.4, 0.5) is 0 Å². The molecular weight excluding hydrogens is 2500 g/mol. The van der Waals surface area contributed by atoms with E-state index in [9.17, 15) is 24.0 Å². The number of ketones is 5. The van der Waals surface area contributed by atoms with Gasteiger partial charge >= 0.3 is 0 Å². The summed E-state index contributed by atoms with van der Waals surface area (Å²) in [5.74, 6) is -0.312. The summed E-state index contributed by atoms with van der Waals surface area (Å²) in [5.41, 5.74) is 20.9. The molecule has 10 aromatic carbocycles. The number of aromatic nitrogens is 5. The van der Waals surface area contributed by atoms with Crippen molar-refractivity contribution in [2.24, 2.45) is 0 Å². The third-order valence-electron chi connectivity index (χ3n) is 17.7. The Morgan fingerprint density at radius 1 is 0.349 bits per heavy atom. The van der Waals surface area contributed by atoms with Crippen LogP contribution in [0.25, 0.3) is 116 Å². The summed E-state index contributed by atoms with van der Waals surface area (Å²) >= 11 is 0. The Labute approximate surface area is 825 Å². The zero-order valence-electron chi connectivity index (χ0n) is 74.2. The Bertz CT molecular complexity index is 6010. The van der Waals surface area contributed by atoms with Gasteiger partial charge in [-0.1, -0.05) is 221 Å². The van der Waals surface area contributed by atoms with Crippen LogP contribution in [0, 0.1) is 58.0 Å². The van der Waals surface area contributed by atoms with Gasteiger partial charge in [-0.3, -0.25) is 40.0 Å². The number of aliphatic hydroxyl groups is 5. The van der Waals surface area contributed by atoms with Crippen LogP contribution in [0.5, 0.6) is 0 Å². The van der Waals surface area contributed by atoms with Crippen molar-refractivity contribution >= 4 is 88.7 Å². The van der Waals surface area contributed by atoms with Crippen LogP contribution in [0.1, 0.15) is 116 Å². The number of benzene rings is 10. The van der Waals surface area contributed by atoms with Crippen molar-refractivity contribution in [3.63, 3.8) is 0 Å². The first kappa shape index (κ1) is 113. The average molecular weight is 2610 g/mol. The first-order chi connectivity index (χ1) is 59.4. The zero-order chi connectivity index (χ0) is 90.0. The van der Waals surface area contributed by atoms with Gasteiger partial charge in [-0.15, -0.1) is 147 Å². The standard InChI is InChI=1S/C23H18N.C17H14N.2C15H10N.C14H12N.5C5H8O2.5Ir/c1-16-12-13-19(14-17(16)2)23-15-21(18-8-4-3-5-9-18)20-10-6-7-11-22(20)24-23;1-12-9-13(2)11-15(10-12)17-8-7-14-5-3-4-6-16(14)18-17;1-2-8-13-12(6-1)7-5-9-14(13)15-10-3-4-11-16-15;1-2-7-13(8-3-1)15-14-9-5-4-6-12(14)10-11-16-15;1-2-6-11(5-1)14-10-9-12-7-3-4-8-13(12)15-14;5*1-4(6)3-5(2)7;;;;;/h3-13,15H,1-2H3;3-10H,1-2H3;1-8,10-11H;1-7,9-11H;3-4,7-10H,1-2,5H2;5*3,6H,1-2H3;;;;;/q5*-1;;;;;;;;;;. The van der Waals surface area contributed by atoms with Crippen molar-refractivity contribution in [1.29, 1.82) is 0 Å². The number of pyridine rings is 5. The zero-order valence-corrected chi connectivity index (χ0v) is 86.2. The molecule has 675 valence electrons. The molecule has 15 aromatic rings. The van der Waals surface area contributed by atoms with Crippen LogP contribution in [0.2, 0.25) is 0 Å². The monoisotopic (exact) mass is 2610 g/mol. The predicted molar refractivity (Wildman–Crippen MR) is 506 cm³/mol. The number of hydrogen-bond donors (Lipinski definition) is 5. The first-order valence-corrected chi connectivity index (χ1v) is 40.2. The fourth-order valence-electron chi connectivity index (χ4n) is 12.5. The van der Waals surface area contributed by atoms with Crippen LogP contribution < -0.4 is 0 Å². The Balaban J connectivity index is 0.000000499. The van der Waals surface area contributed by atoms with E-state index in [-0.39, 0.29) is 158 Å². The molecule has 0 saturated carbocycles. The predicted octanol–water partition coefficient (Wildman–Crippen LogP) is 26.5. The third-order valence-corrected chi connectivity index (χ3v) is 17.7. The fraction of sp³-hybridized carbons (Fsp3) is 0.156. The van der Waals surface area contributed by atoms with Crippen LogP contribution in [0.3, 0.4) is 0 Å². The molecule has 16 rings (SSSR count). The molecule has 0 bridgehead atoms. The number of para-hydroxylation sites is 3. The van der Waals surface area contributed by atoms with Gasteiger partial charge < -0.3 is 40.5 Å². The Hall–Kier alpha value is -11.7. The molecule has 0 fully saturated rings. The molecule has 0 amide bonds. The van der Waals surface area contributed by atoms with Gasteiger partial charge in [-0.05, 0) is 155 Å². The van der Waals surface area contributed by atoms with E-state index in [2.05, 4.69) is 219 Å². The van der Waals surface area contributed by atoms with E-state index in [1.165, 1.54) is 177 Å². The molecule has 5 N–H and O–H groups in total. The van der Waals surface area contributed by atoms with E-state index in [0.29, 0.717) is 0 Å². The molecule has 5 aromatic heterocycles. The summed E-state index contributed by atoms with van der Waals surface area (Å²) in [7, 11) is 0. The van der Waals surface area contributed by atoms with E-state index in [0.717, 1.165) is 85.7 Å². The van der Waals surface area contributed by atoms with Crippen molar-refractivity contribution in [3.05, 3.63) is 397 Å². The maximum Gasteiger partial charge on any atom is 0.155 e. The number of rotatable bonds is 11. The second kappa shape index (κ2) is 60.2. The van der Waals surface area contributed by atoms with E-state index in [1.807, 2.05) is 134 Å². The number of aryl methyl sites for hydroxylation is 4. The average Bonchev–Trinajstić information content (AvgIpc) is 0.833. The van der Waals surface area contributed by atoms with E-state index in [4.69, 9.17) is 35.5 Å². The second-order valence-corrected chi connectivity index (χ2v) is 29.0. The van der Waals surface area contributed by atoms with Gasteiger partial charge in [-0.2, -0.15) is 5.57 Å². The van der Waals surface area contributed by atoms with Gasteiger partial charge in [0.05, 0.1) is 39.8 Å². The van der Waals surface area contributed by atoms with E-state index >= 15 is 0 Å². The molecule has 0 spiro atoms. The van der Waals surface area contributed by atoms with Gasteiger partial charge in [0.2, 0.25) is 0 Å². The van der Waals surface area contributed by atoms with Crippen LogP contribution in [0.15, 0.2) is 338 Å². The van der Waals surface area contributed by atoms with E-state index < -0.39 is 0 Å². The van der Waals surface area contributed by atoms with Gasteiger partial charge in [-0.25, -0.2) is 0 Å². The molecule has 1 aliphatic carbocycles. The Kier molecular flexibility index (Phi) is 52.9. The molecule has 0 aliphatic heterocycles. The molecule has 0 atom stereocenters. The number of hydrogen-bond acceptors (Lipinski definition) is 15. The summed E-state index contributed by atoms with van der Waals surface area (Å²) in [4.78, 5) is 73.1. The van der Waals surface area contributed by atoms with E-state index in [1.54, 1.807) is 0 Å². The molecule has 0 unspecified atom stereocenters. The topological polar surface area (TPSA) is 251 Å². The maximum absolute atomic E-state index is 10.0. The third kappa shape index (κ3) is 40.7. The number of fused-ring (bicyclic) bond motifs is 5. The first-order valence-electron chi connectivity index (χ1n) is 40.2. The molecule has 5 radical (unpaired) electrons. The van der Waals surface area contributed by atoms with Crippen molar-refractivity contribution in [2.75, 3.05) is 0 Å². The van der Waals surface area contributed by atoms with Gasteiger partial charge in [0.15, 0.2) is 28.9 Å². The minimum atomic E-state index is -0.125. The molecule has 15 nitrogen and oxygen atoms in total. The van der Waals surface area contributed by atoms with Crippen molar-refractivity contribution in [3.8, 4) is 56.2 Å². The van der Waals surface area contributed by atoms with Gasteiger partial charge in [0.25, 0.3) is 0 Å². The van der Waals surface area contributed by atoms with Gasteiger partial charge in [0.1, 0.15) is 0 Å². The molecule has 5 heterocycles. The number of aliphatic hydroxyl groups excluding tert-OH is 5. The van der Waals surface area contributed by atoms with Crippen LogP contribution in [-0.2, 0) is 124 Å². The molecular formula is C109H104Ir5N5O10-5. The molecule has 1 aliphatic rings. The van der Waals surface area contributed by atoms with Gasteiger partial charge in [0, 0.05) is 154 Å². The van der Waals surface area contributed by atoms with Crippen molar-refractivity contribution in [1.82, 2.24) is 24.9 Å².